The molecular formula is C21H32N4O3. The summed E-state index contributed by atoms with van der Waals surface area (Å²) in [5, 5.41) is 2.25. The van der Waals surface area contributed by atoms with E-state index in [-0.39, 0.29) is 5.91 Å². The molecule has 1 aromatic carbocycles. The van der Waals surface area contributed by atoms with E-state index in [1.165, 1.54) is 12.2 Å². The third kappa shape index (κ3) is 4.91. The van der Waals surface area contributed by atoms with Crippen LogP contribution < -0.4 is 0 Å². The van der Waals surface area contributed by atoms with Crippen LogP contribution in [0.5, 0.6) is 0 Å². The Kier molecular flexibility index (Phi) is 7.44. The fraction of sp³-hybridized carbons (Fsp3) is 0.571. The van der Waals surface area contributed by atoms with Crippen LogP contribution in [0, 0.1) is 0 Å². The first kappa shape index (κ1) is 20.8. The van der Waals surface area contributed by atoms with Crippen molar-refractivity contribution in [3.8, 4) is 0 Å². The quantitative estimate of drug-likeness (QED) is 0.615. The summed E-state index contributed by atoms with van der Waals surface area (Å²) in [6, 6.07) is 8.07. The number of amides is 1. The number of para-hydroxylation sites is 1. The lowest BCUT2D eigenvalue weighted by atomic mass is 10.1. The lowest BCUT2D eigenvalue weighted by Crippen LogP contribution is -2.47. The molecule has 1 amide bonds. The number of ether oxygens (including phenoxy) is 1. The summed E-state index contributed by atoms with van der Waals surface area (Å²) in [6.07, 6.45) is 3.02. The van der Waals surface area contributed by atoms with Crippen LogP contribution in [0.1, 0.15) is 16.8 Å². The Bertz CT molecular complexity index is 768. The van der Waals surface area contributed by atoms with E-state index >= 15 is 0 Å². The van der Waals surface area contributed by atoms with Crippen LogP contribution in [-0.4, -0.2) is 92.5 Å². The molecule has 0 N–H and O–H groups in total. The average molecular weight is 389 g/mol. The Balaban J connectivity index is 1.57. The minimum absolute atomic E-state index is 0.121. The number of carbonyl (C=O) groups excluding carboxylic acids is 1. The summed E-state index contributed by atoms with van der Waals surface area (Å²) >= 11 is 0. The molecule has 7 heteroatoms. The smallest absolute Gasteiger partial charge is 0.279 e. The second-order valence-corrected chi connectivity index (χ2v) is 7.27. The van der Waals surface area contributed by atoms with Crippen molar-refractivity contribution < 1.29 is 14.4 Å². The molecule has 0 unspecified atom stereocenters. The summed E-state index contributed by atoms with van der Waals surface area (Å²) in [7, 11) is 4.90. The third-order valence-corrected chi connectivity index (χ3v) is 5.53. The Morgan fingerprint density at radius 2 is 1.71 bits per heavy atom. The van der Waals surface area contributed by atoms with Gasteiger partial charge in [0.2, 0.25) is 0 Å². The molecule has 3 rings (SSSR count). The van der Waals surface area contributed by atoms with Crippen molar-refractivity contribution >= 4 is 16.8 Å². The fourth-order valence-electron chi connectivity index (χ4n) is 3.78. The summed E-state index contributed by atoms with van der Waals surface area (Å²) in [5.74, 6) is -0.121. The van der Waals surface area contributed by atoms with Crippen LogP contribution in [-0.2, 0) is 16.1 Å². The van der Waals surface area contributed by atoms with Gasteiger partial charge in [-0.1, -0.05) is 18.2 Å². The van der Waals surface area contributed by atoms with Crippen molar-refractivity contribution in [2.75, 3.05) is 67.1 Å². The normalized spacial score (nSPS) is 16.0. The van der Waals surface area contributed by atoms with E-state index in [2.05, 4.69) is 20.4 Å². The van der Waals surface area contributed by atoms with E-state index in [1.807, 2.05) is 24.4 Å². The summed E-state index contributed by atoms with van der Waals surface area (Å²) in [5.41, 5.74) is 1.78. The molecule has 1 saturated heterocycles. The highest BCUT2D eigenvalue weighted by molar-refractivity contribution is 6.06. The van der Waals surface area contributed by atoms with Gasteiger partial charge in [-0.3, -0.25) is 14.5 Å². The van der Waals surface area contributed by atoms with E-state index in [4.69, 9.17) is 9.57 Å². The van der Waals surface area contributed by atoms with E-state index < -0.39 is 0 Å². The van der Waals surface area contributed by atoms with Gasteiger partial charge in [0.1, 0.15) is 0 Å². The first-order valence-corrected chi connectivity index (χ1v) is 9.97. The van der Waals surface area contributed by atoms with Crippen LogP contribution in [0.25, 0.3) is 10.9 Å². The van der Waals surface area contributed by atoms with Crippen molar-refractivity contribution in [3.05, 3.63) is 36.0 Å². The molecule has 7 nitrogen and oxygen atoms in total. The number of hydrogen-bond donors (Lipinski definition) is 0. The maximum atomic E-state index is 12.6. The Morgan fingerprint density at radius 1 is 1.04 bits per heavy atom. The number of nitrogens with zero attached hydrogens (tertiary/aromatic N) is 4. The molecule has 1 aromatic heterocycles. The number of piperazine rings is 1. The highest BCUT2D eigenvalue weighted by Crippen LogP contribution is 2.23. The maximum Gasteiger partial charge on any atom is 0.279 e. The Hall–Kier alpha value is -1.93. The zero-order valence-corrected chi connectivity index (χ0v) is 17.3. The van der Waals surface area contributed by atoms with Crippen LogP contribution in [0.3, 0.4) is 0 Å². The van der Waals surface area contributed by atoms with Gasteiger partial charge in [-0.25, -0.2) is 5.06 Å². The molecule has 0 saturated carbocycles. The molecule has 154 valence electrons. The van der Waals surface area contributed by atoms with E-state index in [1.54, 1.807) is 14.2 Å². The topological polar surface area (TPSA) is 50.2 Å². The first-order valence-electron chi connectivity index (χ1n) is 9.97. The van der Waals surface area contributed by atoms with Gasteiger partial charge in [0.05, 0.1) is 19.3 Å². The van der Waals surface area contributed by atoms with Crippen LogP contribution in [0.15, 0.2) is 30.5 Å². The number of rotatable bonds is 9. The molecule has 28 heavy (non-hydrogen) atoms. The van der Waals surface area contributed by atoms with Gasteiger partial charge < -0.3 is 14.2 Å². The molecule has 0 atom stereocenters. The van der Waals surface area contributed by atoms with Gasteiger partial charge in [0, 0.05) is 70.5 Å². The average Bonchev–Trinajstić information content (AvgIpc) is 3.11. The van der Waals surface area contributed by atoms with Crippen molar-refractivity contribution in [2.24, 2.45) is 0 Å². The third-order valence-electron chi connectivity index (χ3n) is 5.53. The maximum absolute atomic E-state index is 12.6. The first-order chi connectivity index (χ1) is 13.6. The summed E-state index contributed by atoms with van der Waals surface area (Å²) in [6.45, 7) is 8.24. The number of hydrogen-bond acceptors (Lipinski definition) is 5. The van der Waals surface area contributed by atoms with Crippen molar-refractivity contribution in [1.82, 2.24) is 19.4 Å². The van der Waals surface area contributed by atoms with Crippen LogP contribution in [0.2, 0.25) is 0 Å². The highest BCUT2D eigenvalue weighted by Gasteiger charge is 2.19. The number of benzene rings is 1. The molecule has 1 aliphatic rings. The lowest BCUT2D eigenvalue weighted by molar-refractivity contribution is -0.0755. The largest absolute Gasteiger partial charge is 0.383 e. The highest BCUT2D eigenvalue weighted by atomic mass is 16.7. The molecule has 0 spiro atoms. The Labute approximate surface area is 167 Å². The molecule has 2 aromatic rings. The molecule has 0 bridgehead atoms. The van der Waals surface area contributed by atoms with Crippen LogP contribution in [0.4, 0.5) is 0 Å². The SMILES string of the molecule is COCCN1CCN(CCCn2cc(C(=O)N(C)OC)c3ccccc32)CC1. The van der Waals surface area contributed by atoms with Gasteiger partial charge in [0.15, 0.2) is 0 Å². The van der Waals surface area contributed by atoms with Crippen LogP contribution >= 0.6 is 0 Å². The number of aryl methyl sites for hydroxylation is 1. The summed E-state index contributed by atoms with van der Waals surface area (Å²) < 4.78 is 7.36. The fourth-order valence-corrected chi connectivity index (χ4v) is 3.78. The van der Waals surface area contributed by atoms with E-state index in [0.717, 1.165) is 69.7 Å². The summed E-state index contributed by atoms with van der Waals surface area (Å²) in [4.78, 5) is 22.7. The van der Waals surface area contributed by atoms with Crippen molar-refractivity contribution in [2.45, 2.75) is 13.0 Å². The van der Waals surface area contributed by atoms with Gasteiger partial charge >= 0.3 is 0 Å². The predicted octanol–water partition coefficient (Wildman–Crippen LogP) is 1.93. The molecule has 2 heterocycles. The number of aromatic nitrogens is 1. The monoisotopic (exact) mass is 388 g/mol. The van der Waals surface area contributed by atoms with E-state index in [0.29, 0.717) is 5.56 Å². The minimum atomic E-state index is -0.121. The van der Waals surface area contributed by atoms with Crippen molar-refractivity contribution in [1.29, 1.82) is 0 Å². The number of hydroxylamine groups is 2. The standard InChI is InChI=1S/C21H32N4O3/c1-22(28-3)21(26)19-17-25(20-8-5-4-7-18(19)20)10-6-9-23-11-13-24(14-12-23)15-16-27-2/h4-5,7-8,17H,6,9-16H2,1-3H3. The Morgan fingerprint density at radius 3 is 2.39 bits per heavy atom. The molecule has 1 aliphatic heterocycles. The molecular weight excluding hydrogens is 356 g/mol. The zero-order valence-electron chi connectivity index (χ0n) is 17.3. The van der Waals surface area contributed by atoms with Gasteiger partial charge in [-0.05, 0) is 19.0 Å². The van der Waals surface area contributed by atoms with Crippen molar-refractivity contribution in [3.63, 3.8) is 0 Å². The number of methoxy groups -OCH3 is 1. The molecule has 0 aliphatic carbocycles. The van der Waals surface area contributed by atoms with Gasteiger partial charge in [-0.2, -0.15) is 0 Å². The van der Waals surface area contributed by atoms with E-state index in [9.17, 15) is 4.79 Å². The van der Waals surface area contributed by atoms with Gasteiger partial charge in [0.25, 0.3) is 5.91 Å². The lowest BCUT2D eigenvalue weighted by Gasteiger charge is -2.34. The molecule has 1 fully saturated rings. The molecule has 0 radical (unpaired) electrons. The predicted molar refractivity (Wildman–Crippen MR) is 110 cm³/mol. The minimum Gasteiger partial charge on any atom is -0.383 e. The number of fused-ring (bicyclic) bond motifs is 1. The van der Waals surface area contributed by atoms with Gasteiger partial charge in [-0.15, -0.1) is 0 Å². The number of carbonyl (C=O) groups is 1. The zero-order chi connectivity index (χ0) is 19.9. The second-order valence-electron chi connectivity index (χ2n) is 7.27. The second kappa shape index (κ2) is 10.0.